The SMILES string of the molecule is CO/N=C(\N)c1ccc(-c2ccc(-c3ccc(/C(N)=N/OC)cc3)nn2)cc1. The first-order chi connectivity index (χ1) is 13.6. The highest BCUT2D eigenvalue weighted by Gasteiger charge is 2.06. The summed E-state index contributed by atoms with van der Waals surface area (Å²) in [4.78, 5) is 9.36. The first-order valence-electron chi connectivity index (χ1n) is 8.41. The number of oxime groups is 2. The number of rotatable bonds is 6. The zero-order valence-electron chi connectivity index (χ0n) is 15.5. The molecule has 28 heavy (non-hydrogen) atoms. The lowest BCUT2D eigenvalue weighted by atomic mass is 10.1. The van der Waals surface area contributed by atoms with Crippen LogP contribution in [0.4, 0.5) is 0 Å². The Bertz CT molecular complexity index is 898. The van der Waals surface area contributed by atoms with Gasteiger partial charge in [0.05, 0.1) is 11.4 Å². The molecule has 0 radical (unpaired) electrons. The topological polar surface area (TPSA) is 121 Å². The minimum Gasteiger partial charge on any atom is -0.397 e. The molecule has 0 atom stereocenters. The number of amidine groups is 2. The van der Waals surface area contributed by atoms with Gasteiger partial charge in [-0.25, -0.2) is 0 Å². The van der Waals surface area contributed by atoms with Gasteiger partial charge in [0.25, 0.3) is 0 Å². The van der Waals surface area contributed by atoms with Crippen molar-refractivity contribution in [3.63, 3.8) is 0 Å². The van der Waals surface area contributed by atoms with Gasteiger partial charge in [-0.15, -0.1) is 10.2 Å². The van der Waals surface area contributed by atoms with Crippen LogP contribution >= 0.6 is 0 Å². The molecule has 0 aliphatic heterocycles. The van der Waals surface area contributed by atoms with Gasteiger partial charge < -0.3 is 21.1 Å². The fourth-order valence-electron chi connectivity index (χ4n) is 2.57. The van der Waals surface area contributed by atoms with Gasteiger partial charge in [0.2, 0.25) is 0 Å². The monoisotopic (exact) mass is 376 g/mol. The lowest BCUT2D eigenvalue weighted by Crippen LogP contribution is -2.13. The maximum Gasteiger partial charge on any atom is 0.170 e. The summed E-state index contributed by atoms with van der Waals surface area (Å²) in [7, 11) is 2.90. The summed E-state index contributed by atoms with van der Waals surface area (Å²) >= 11 is 0. The van der Waals surface area contributed by atoms with Gasteiger partial charge in [-0.2, -0.15) is 0 Å². The molecule has 0 unspecified atom stereocenters. The van der Waals surface area contributed by atoms with Crippen LogP contribution in [0.5, 0.6) is 0 Å². The maximum atomic E-state index is 5.80. The Morgan fingerprint density at radius 2 is 1.00 bits per heavy atom. The van der Waals surface area contributed by atoms with E-state index in [2.05, 4.69) is 30.2 Å². The summed E-state index contributed by atoms with van der Waals surface area (Å²) in [5, 5.41) is 16.1. The van der Waals surface area contributed by atoms with Crippen LogP contribution in [0.15, 0.2) is 71.0 Å². The molecule has 3 aromatic rings. The molecule has 4 N–H and O–H groups in total. The van der Waals surface area contributed by atoms with E-state index in [0.717, 1.165) is 33.6 Å². The van der Waals surface area contributed by atoms with Crippen LogP contribution in [-0.4, -0.2) is 36.1 Å². The van der Waals surface area contributed by atoms with Crippen molar-refractivity contribution in [1.82, 2.24) is 10.2 Å². The standard InChI is InChI=1S/C20H20N6O2/c1-27-25-19(21)15-7-3-13(4-8-15)17-11-12-18(24-23-17)14-5-9-16(10-6-14)20(22)26-28-2/h3-12H,1-2H3,(H2,21,25)(H2,22,26). The Kier molecular flexibility index (Phi) is 5.81. The van der Waals surface area contributed by atoms with Crippen molar-refractivity contribution in [3.8, 4) is 22.5 Å². The van der Waals surface area contributed by atoms with Crippen molar-refractivity contribution in [2.45, 2.75) is 0 Å². The lowest BCUT2D eigenvalue weighted by Gasteiger charge is -2.05. The van der Waals surface area contributed by atoms with Crippen LogP contribution < -0.4 is 11.5 Å². The van der Waals surface area contributed by atoms with Crippen LogP contribution in [0, 0.1) is 0 Å². The molecule has 0 bridgehead atoms. The van der Waals surface area contributed by atoms with E-state index in [1.807, 2.05) is 60.7 Å². The highest BCUT2D eigenvalue weighted by atomic mass is 16.6. The van der Waals surface area contributed by atoms with Crippen molar-refractivity contribution in [3.05, 3.63) is 71.8 Å². The predicted molar refractivity (Wildman–Crippen MR) is 108 cm³/mol. The minimum atomic E-state index is 0.315. The van der Waals surface area contributed by atoms with E-state index in [4.69, 9.17) is 11.5 Å². The Morgan fingerprint density at radius 1 is 0.643 bits per heavy atom. The number of nitrogens with zero attached hydrogens (tertiary/aromatic N) is 4. The molecule has 0 saturated carbocycles. The second kappa shape index (κ2) is 8.63. The molecule has 0 aliphatic carbocycles. The number of aromatic nitrogens is 2. The Morgan fingerprint density at radius 3 is 1.29 bits per heavy atom. The van der Waals surface area contributed by atoms with E-state index < -0.39 is 0 Å². The number of hydrogen-bond donors (Lipinski definition) is 2. The van der Waals surface area contributed by atoms with E-state index >= 15 is 0 Å². The van der Waals surface area contributed by atoms with Crippen molar-refractivity contribution < 1.29 is 9.68 Å². The van der Waals surface area contributed by atoms with Crippen LogP contribution in [0.3, 0.4) is 0 Å². The average Bonchev–Trinajstić information content (AvgIpc) is 2.74. The number of nitrogens with two attached hydrogens (primary N) is 2. The summed E-state index contributed by atoms with van der Waals surface area (Å²) < 4.78 is 0. The van der Waals surface area contributed by atoms with Crippen LogP contribution in [0.2, 0.25) is 0 Å². The summed E-state index contributed by atoms with van der Waals surface area (Å²) in [5.41, 5.74) is 16.5. The summed E-state index contributed by atoms with van der Waals surface area (Å²) in [5.74, 6) is 0.630. The van der Waals surface area contributed by atoms with Crippen LogP contribution in [0.25, 0.3) is 22.5 Å². The molecular formula is C20H20N6O2. The summed E-state index contributed by atoms with van der Waals surface area (Å²) in [6, 6.07) is 18.9. The van der Waals surface area contributed by atoms with Gasteiger partial charge in [0.15, 0.2) is 11.7 Å². The molecule has 0 amide bonds. The van der Waals surface area contributed by atoms with Gasteiger partial charge in [-0.3, -0.25) is 0 Å². The van der Waals surface area contributed by atoms with Gasteiger partial charge in [-0.05, 0) is 12.1 Å². The Balaban J connectivity index is 1.78. The van der Waals surface area contributed by atoms with Gasteiger partial charge in [0, 0.05) is 22.3 Å². The van der Waals surface area contributed by atoms with E-state index in [1.54, 1.807) is 0 Å². The van der Waals surface area contributed by atoms with Crippen molar-refractivity contribution in [1.29, 1.82) is 0 Å². The van der Waals surface area contributed by atoms with Gasteiger partial charge in [-0.1, -0.05) is 58.8 Å². The fourth-order valence-corrected chi connectivity index (χ4v) is 2.57. The fraction of sp³-hybridized carbons (Fsp3) is 0.100. The third-order valence-electron chi connectivity index (χ3n) is 4.00. The van der Waals surface area contributed by atoms with Gasteiger partial charge in [0.1, 0.15) is 14.2 Å². The highest BCUT2D eigenvalue weighted by Crippen LogP contribution is 2.21. The zero-order valence-corrected chi connectivity index (χ0v) is 15.5. The summed E-state index contributed by atoms with van der Waals surface area (Å²) in [6.07, 6.45) is 0. The van der Waals surface area contributed by atoms with E-state index in [-0.39, 0.29) is 0 Å². The molecule has 8 heteroatoms. The molecule has 8 nitrogen and oxygen atoms in total. The smallest absolute Gasteiger partial charge is 0.170 e. The first kappa shape index (κ1) is 18.8. The second-order valence-corrected chi connectivity index (χ2v) is 5.78. The number of hydrogen-bond acceptors (Lipinski definition) is 6. The second-order valence-electron chi connectivity index (χ2n) is 5.78. The average molecular weight is 376 g/mol. The predicted octanol–water partition coefficient (Wildman–Crippen LogP) is 2.34. The Labute approximate surface area is 162 Å². The third-order valence-corrected chi connectivity index (χ3v) is 4.00. The zero-order chi connectivity index (χ0) is 19.9. The molecular weight excluding hydrogens is 356 g/mol. The van der Waals surface area contributed by atoms with Crippen LogP contribution in [-0.2, 0) is 9.68 Å². The quantitative estimate of drug-likeness (QED) is 0.387. The molecule has 1 aromatic heterocycles. The lowest BCUT2D eigenvalue weighted by molar-refractivity contribution is 0.213. The highest BCUT2D eigenvalue weighted by molar-refractivity contribution is 5.98. The third kappa shape index (κ3) is 4.24. The van der Waals surface area contributed by atoms with Crippen molar-refractivity contribution in [2.75, 3.05) is 14.2 Å². The molecule has 0 fully saturated rings. The van der Waals surface area contributed by atoms with Crippen molar-refractivity contribution in [2.24, 2.45) is 21.8 Å². The van der Waals surface area contributed by atoms with Crippen LogP contribution in [0.1, 0.15) is 11.1 Å². The molecule has 2 aromatic carbocycles. The summed E-state index contributed by atoms with van der Waals surface area (Å²) in [6.45, 7) is 0. The molecule has 142 valence electrons. The van der Waals surface area contributed by atoms with Crippen molar-refractivity contribution >= 4 is 11.7 Å². The van der Waals surface area contributed by atoms with E-state index in [1.165, 1.54) is 14.2 Å². The Hall–Kier alpha value is -3.94. The molecule has 0 aliphatic rings. The molecule has 1 heterocycles. The van der Waals surface area contributed by atoms with E-state index in [9.17, 15) is 0 Å². The largest absolute Gasteiger partial charge is 0.397 e. The normalized spacial score (nSPS) is 11.9. The number of benzene rings is 2. The molecule has 3 rings (SSSR count). The first-order valence-corrected chi connectivity index (χ1v) is 8.41. The minimum absolute atomic E-state index is 0.315. The molecule has 0 saturated heterocycles. The molecule has 0 spiro atoms. The maximum absolute atomic E-state index is 5.80. The van der Waals surface area contributed by atoms with Gasteiger partial charge >= 0.3 is 0 Å². The van der Waals surface area contributed by atoms with E-state index in [0.29, 0.717) is 11.7 Å².